The van der Waals surface area contributed by atoms with E-state index in [-0.39, 0.29) is 23.7 Å². The summed E-state index contributed by atoms with van der Waals surface area (Å²) in [5.41, 5.74) is 3.71. The first kappa shape index (κ1) is 16.7. The third-order valence-electron chi connectivity index (χ3n) is 4.21. The number of amides is 2. The van der Waals surface area contributed by atoms with Gasteiger partial charge in [-0.15, -0.1) is 0 Å². The normalized spacial score (nSPS) is 18.8. The van der Waals surface area contributed by atoms with Crippen LogP contribution in [-0.4, -0.2) is 11.8 Å². The SMILES string of the molecule is Cc1ccc(NC(=O)C2CC2C(=O)Nc2ccc(Br)c(C)c2)cc1. The summed E-state index contributed by atoms with van der Waals surface area (Å²) in [6.07, 6.45) is 0.596. The molecule has 1 aliphatic rings. The Balaban J connectivity index is 1.55. The molecule has 1 aliphatic carbocycles. The lowest BCUT2D eigenvalue weighted by molar-refractivity contribution is -0.122. The second-order valence-electron chi connectivity index (χ2n) is 6.26. The quantitative estimate of drug-likeness (QED) is 0.823. The molecule has 1 fully saturated rings. The van der Waals surface area contributed by atoms with Crippen molar-refractivity contribution in [2.45, 2.75) is 20.3 Å². The second-order valence-corrected chi connectivity index (χ2v) is 7.11. The molecule has 4 nitrogen and oxygen atoms in total. The fourth-order valence-electron chi connectivity index (χ4n) is 2.60. The van der Waals surface area contributed by atoms with Crippen molar-refractivity contribution in [3.8, 4) is 0 Å². The minimum absolute atomic E-state index is 0.0917. The van der Waals surface area contributed by atoms with Crippen LogP contribution in [0.4, 0.5) is 11.4 Å². The van der Waals surface area contributed by atoms with Crippen LogP contribution in [0.1, 0.15) is 17.5 Å². The molecule has 124 valence electrons. The lowest BCUT2D eigenvalue weighted by Gasteiger charge is -2.08. The number of rotatable bonds is 4. The van der Waals surface area contributed by atoms with Crippen LogP contribution in [0.25, 0.3) is 0 Å². The third kappa shape index (κ3) is 3.85. The predicted octanol–water partition coefficient (Wildman–Crippen LogP) is 4.28. The molecule has 0 aliphatic heterocycles. The summed E-state index contributed by atoms with van der Waals surface area (Å²) in [7, 11) is 0. The molecule has 0 radical (unpaired) electrons. The Bertz CT molecular complexity index is 786. The molecule has 0 aromatic heterocycles. The van der Waals surface area contributed by atoms with Crippen molar-refractivity contribution in [1.82, 2.24) is 0 Å². The van der Waals surface area contributed by atoms with Gasteiger partial charge in [0.25, 0.3) is 0 Å². The maximum Gasteiger partial charge on any atom is 0.228 e. The van der Waals surface area contributed by atoms with E-state index in [0.29, 0.717) is 6.42 Å². The fraction of sp³-hybridized carbons (Fsp3) is 0.263. The lowest BCUT2D eigenvalue weighted by atomic mass is 10.2. The van der Waals surface area contributed by atoms with Gasteiger partial charge in [0, 0.05) is 15.8 Å². The van der Waals surface area contributed by atoms with Crippen molar-refractivity contribution in [3.05, 3.63) is 58.1 Å². The Labute approximate surface area is 149 Å². The van der Waals surface area contributed by atoms with Crippen molar-refractivity contribution in [3.63, 3.8) is 0 Å². The van der Waals surface area contributed by atoms with Crippen molar-refractivity contribution in [1.29, 1.82) is 0 Å². The van der Waals surface area contributed by atoms with E-state index >= 15 is 0 Å². The van der Waals surface area contributed by atoms with Crippen molar-refractivity contribution < 1.29 is 9.59 Å². The first-order valence-electron chi connectivity index (χ1n) is 7.88. The molecule has 0 bridgehead atoms. The number of benzene rings is 2. The molecule has 0 heterocycles. The maximum absolute atomic E-state index is 12.3. The molecule has 3 rings (SSSR count). The number of anilines is 2. The van der Waals surface area contributed by atoms with Gasteiger partial charge in [0.1, 0.15) is 0 Å². The van der Waals surface area contributed by atoms with Gasteiger partial charge in [0.2, 0.25) is 11.8 Å². The van der Waals surface area contributed by atoms with Gasteiger partial charge in [-0.2, -0.15) is 0 Å². The molecule has 24 heavy (non-hydrogen) atoms. The van der Waals surface area contributed by atoms with Gasteiger partial charge in [-0.1, -0.05) is 33.6 Å². The monoisotopic (exact) mass is 386 g/mol. The standard InChI is InChI=1S/C19H19BrN2O2/c1-11-3-5-13(6-4-11)21-18(23)15-10-16(15)19(24)22-14-7-8-17(20)12(2)9-14/h3-9,15-16H,10H2,1-2H3,(H,21,23)(H,22,24). The summed E-state index contributed by atoms with van der Waals surface area (Å²) in [5.74, 6) is -0.686. The van der Waals surface area contributed by atoms with E-state index in [1.54, 1.807) is 0 Å². The molecule has 0 saturated heterocycles. The summed E-state index contributed by atoms with van der Waals surface area (Å²) in [4.78, 5) is 24.5. The highest BCUT2D eigenvalue weighted by atomic mass is 79.9. The number of carbonyl (C=O) groups excluding carboxylic acids is 2. The Morgan fingerprint density at radius 2 is 1.46 bits per heavy atom. The Kier molecular flexibility index (Phi) is 4.71. The topological polar surface area (TPSA) is 58.2 Å². The highest BCUT2D eigenvalue weighted by molar-refractivity contribution is 9.10. The van der Waals surface area contributed by atoms with Gasteiger partial charge in [-0.25, -0.2) is 0 Å². The van der Waals surface area contributed by atoms with E-state index in [2.05, 4.69) is 26.6 Å². The van der Waals surface area contributed by atoms with E-state index in [9.17, 15) is 9.59 Å². The highest BCUT2D eigenvalue weighted by Gasteiger charge is 2.48. The number of halogens is 1. The molecule has 2 aromatic carbocycles. The van der Waals surface area contributed by atoms with Crippen LogP contribution in [0.2, 0.25) is 0 Å². The van der Waals surface area contributed by atoms with Gasteiger partial charge < -0.3 is 10.6 Å². The van der Waals surface area contributed by atoms with Crippen molar-refractivity contribution in [2.75, 3.05) is 10.6 Å². The van der Waals surface area contributed by atoms with Crippen LogP contribution in [0.15, 0.2) is 46.9 Å². The summed E-state index contributed by atoms with van der Waals surface area (Å²) in [5, 5.41) is 5.76. The summed E-state index contributed by atoms with van der Waals surface area (Å²) in [6.45, 7) is 3.96. The molecule has 0 spiro atoms. The van der Waals surface area contributed by atoms with E-state index < -0.39 is 0 Å². The molecule has 5 heteroatoms. The van der Waals surface area contributed by atoms with Crippen LogP contribution < -0.4 is 10.6 Å². The Morgan fingerprint density at radius 3 is 2.04 bits per heavy atom. The van der Waals surface area contributed by atoms with Gasteiger partial charge in [0.15, 0.2) is 0 Å². The average molecular weight is 387 g/mol. The molecule has 2 N–H and O–H groups in total. The van der Waals surface area contributed by atoms with Gasteiger partial charge in [-0.3, -0.25) is 9.59 Å². The molecule has 2 aromatic rings. The zero-order valence-electron chi connectivity index (χ0n) is 13.6. The van der Waals surface area contributed by atoms with Crippen LogP contribution in [0, 0.1) is 25.7 Å². The second kappa shape index (κ2) is 6.77. The summed E-state index contributed by atoms with van der Waals surface area (Å²) in [6, 6.07) is 13.3. The number of hydrogen-bond donors (Lipinski definition) is 2. The molecule has 2 amide bonds. The largest absolute Gasteiger partial charge is 0.326 e. The number of aryl methyl sites for hydroxylation is 2. The van der Waals surface area contributed by atoms with Gasteiger partial charge in [0.05, 0.1) is 11.8 Å². The minimum Gasteiger partial charge on any atom is -0.326 e. The van der Waals surface area contributed by atoms with Crippen LogP contribution in [-0.2, 0) is 9.59 Å². The van der Waals surface area contributed by atoms with E-state index in [0.717, 1.165) is 27.0 Å². The number of nitrogens with one attached hydrogen (secondary N) is 2. The Morgan fingerprint density at radius 1 is 0.917 bits per heavy atom. The molecular formula is C19H19BrN2O2. The predicted molar refractivity (Wildman–Crippen MR) is 98.9 cm³/mol. The van der Waals surface area contributed by atoms with Crippen LogP contribution in [0.3, 0.4) is 0 Å². The molecular weight excluding hydrogens is 368 g/mol. The number of carbonyl (C=O) groups is 2. The smallest absolute Gasteiger partial charge is 0.228 e. The first-order valence-corrected chi connectivity index (χ1v) is 8.68. The van der Waals surface area contributed by atoms with Crippen molar-refractivity contribution >= 4 is 39.1 Å². The summed E-state index contributed by atoms with van der Waals surface area (Å²) >= 11 is 3.44. The van der Waals surface area contributed by atoms with Gasteiger partial charge >= 0.3 is 0 Å². The molecule has 2 atom stereocenters. The highest BCUT2D eigenvalue weighted by Crippen LogP contribution is 2.40. The summed E-state index contributed by atoms with van der Waals surface area (Å²) < 4.78 is 1.00. The molecule has 2 unspecified atom stereocenters. The Hall–Kier alpha value is -2.14. The van der Waals surface area contributed by atoms with E-state index in [4.69, 9.17) is 0 Å². The lowest BCUT2D eigenvalue weighted by Crippen LogP contribution is -2.20. The number of hydrogen-bond acceptors (Lipinski definition) is 2. The third-order valence-corrected chi connectivity index (χ3v) is 5.10. The zero-order valence-corrected chi connectivity index (χ0v) is 15.2. The average Bonchev–Trinajstić information content (AvgIpc) is 3.34. The van der Waals surface area contributed by atoms with Crippen molar-refractivity contribution in [2.24, 2.45) is 11.8 Å². The zero-order chi connectivity index (χ0) is 17.3. The maximum atomic E-state index is 12.3. The minimum atomic E-state index is -0.251. The first-order chi connectivity index (χ1) is 11.4. The fourth-order valence-corrected chi connectivity index (χ4v) is 2.85. The van der Waals surface area contributed by atoms with E-state index in [1.807, 2.05) is 56.3 Å². The van der Waals surface area contributed by atoms with Crippen LogP contribution in [0.5, 0.6) is 0 Å². The van der Waals surface area contributed by atoms with E-state index in [1.165, 1.54) is 0 Å². The van der Waals surface area contributed by atoms with Crippen LogP contribution >= 0.6 is 15.9 Å². The molecule has 1 saturated carbocycles. The van der Waals surface area contributed by atoms with Gasteiger partial charge in [-0.05, 0) is 56.2 Å².